The molecule has 0 spiro atoms. The minimum atomic E-state index is -0.640. The van der Waals surface area contributed by atoms with E-state index in [0.29, 0.717) is 23.4 Å². The molecule has 9 heteroatoms. The van der Waals surface area contributed by atoms with Crippen LogP contribution in [-0.4, -0.2) is 35.0 Å². The van der Waals surface area contributed by atoms with Crippen LogP contribution in [0.4, 0.5) is 10.3 Å². The van der Waals surface area contributed by atoms with Gasteiger partial charge in [0.15, 0.2) is 0 Å². The highest BCUT2D eigenvalue weighted by molar-refractivity contribution is 8.00. The van der Waals surface area contributed by atoms with Crippen molar-refractivity contribution in [1.82, 2.24) is 15.4 Å². The minimum absolute atomic E-state index is 0.0992. The Balaban J connectivity index is 1.88. The van der Waals surface area contributed by atoms with Gasteiger partial charge < -0.3 is 14.7 Å². The van der Waals surface area contributed by atoms with Gasteiger partial charge in [-0.25, -0.2) is 4.39 Å². The van der Waals surface area contributed by atoms with Crippen LogP contribution in [-0.2, 0) is 16.1 Å². The molecular formula is C29H37FN4O3S. The topological polar surface area (TPSA) is 87.5 Å². The zero-order chi connectivity index (χ0) is 27.8. The van der Waals surface area contributed by atoms with E-state index in [1.165, 1.54) is 18.0 Å². The number of carbonyl (C=O) groups excluding carboxylic acids is 2. The van der Waals surface area contributed by atoms with Crippen LogP contribution in [0.2, 0.25) is 0 Å². The van der Waals surface area contributed by atoms with Crippen molar-refractivity contribution in [1.29, 1.82) is 0 Å². The molecule has 0 saturated heterocycles. The van der Waals surface area contributed by atoms with Gasteiger partial charge in [0.25, 0.3) is 0 Å². The summed E-state index contributed by atoms with van der Waals surface area (Å²) in [4.78, 5) is 28.2. The number of unbranched alkanes of at least 4 members (excludes halogenated alkanes) is 1. The number of nitrogens with zero attached hydrogens (tertiary/aromatic N) is 2. The molecule has 1 aromatic heterocycles. The molecule has 1 atom stereocenters. The lowest BCUT2D eigenvalue weighted by Gasteiger charge is -2.33. The second kappa shape index (κ2) is 13.5. The fourth-order valence-electron chi connectivity index (χ4n) is 4.23. The number of rotatable bonds is 12. The second-order valence-corrected chi connectivity index (χ2v) is 10.5. The smallest absolute Gasteiger partial charge is 0.242 e. The second-order valence-electron chi connectivity index (χ2n) is 9.66. The van der Waals surface area contributed by atoms with Crippen molar-refractivity contribution in [2.24, 2.45) is 5.92 Å². The molecule has 2 amide bonds. The monoisotopic (exact) mass is 540 g/mol. The van der Waals surface area contributed by atoms with E-state index in [9.17, 15) is 9.59 Å². The quantitative estimate of drug-likeness (QED) is 0.255. The Bertz CT molecular complexity index is 1260. The number of anilines is 1. The molecule has 0 radical (unpaired) electrons. The first kappa shape index (κ1) is 29.2. The molecule has 0 aliphatic heterocycles. The van der Waals surface area contributed by atoms with Crippen molar-refractivity contribution in [2.75, 3.05) is 11.8 Å². The molecule has 38 heavy (non-hydrogen) atoms. The van der Waals surface area contributed by atoms with Crippen molar-refractivity contribution in [3.8, 4) is 11.1 Å². The lowest BCUT2D eigenvalue weighted by Crippen LogP contribution is -2.51. The van der Waals surface area contributed by atoms with Crippen LogP contribution in [0.5, 0.6) is 0 Å². The van der Waals surface area contributed by atoms with E-state index in [-0.39, 0.29) is 24.3 Å². The van der Waals surface area contributed by atoms with Crippen LogP contribution in [0.25, 0.3) is 11.1 Å². The Morgan fingerprint density at radius 3 is 2.47 bits per heavy atom. The molecule has 0 aliphatic rings. The van der Waals surface area contributed by atoms with Gasteiger partial charge in [-0.05, 0) is 61.4 Å². The maximum atomic E-state index is 15.5. The number of likely N-dealkylation sites (N-methyl/N-ethyl adjacent to an activating group) is 1. The highest BCUT2D eigenvalue weighted by Crippen LogP contribution is 2.35. The summed E-state index contributed by atoms with van der Waals surface area (Å²) in [6, 6.07) is 11.9. The highest BCUT2D eigenvalue weighted by Gasteiger charge is 2.31. The van der Waals surface area contributed by atoms with Crippen LogP contribution < -0.4 is 10.0 Å². The SMILES string of the molecule is CCCCC(=O)N(Cc1ccc(-c2ccccc2SNc2onc(C)c2C)c(F)c1)C(C(=O)NC)C(C)C. The molecule has 2 aromatic carbocycles. The molecule has 204 valence electrons. The number of carbonyl (C=O) groups is 2. The van der Waals surface area contributed by atoms with Gasteiger partial charge in [-0.1, -0.05) is 62.7 Å². The van der Waals surface area contributed by atoms with Crippen molar-refractivity contribution < 1.29 is 18.5 Å². The fraction of sp³-hybridized carbons (Fsp3) is 0.414. The predicted octanol–water partition coefficient (Wildman–Crippen LogP) is 6.51. The maximum absolute atomic E-state index is 15.5. The van der Waals surface area contributed by atoms with Crippen LogP contribution >= 0.6 is 11.9 Å². The van der Waals surface area contributed by atoms with E-state index in [1.807, 2.05) is 65.0 Å². The zero-order valence-electron chi connectivity index (χ0n) is 22.9. The molecule has 1 unspecified atom stereocenters. The highest BCUT2D eigenvalue weighted by atomic mass is 32.2. The Labute approximate surface area is 228 Å². The molecule has 0 bridgehead atoms. The third kappa shape index (κ3) is 6.95. The first-order valence-corrected chi connectivity index (χ1v) is 13.7. The van der Waals surface area contributed by atoms with Crippen molar-refractivity contribution in [3.63, 3.8) is 0 Å². The molecule has 0 aliphatic carbocycles. The average molecular weight is 541 g/mol. The van der Waals surface area contributed by atoms with Crippen LogP contribution in [0, 0.1) is 25.6 Å². The normalized spacial score (nSPS) is 11.9. The molecule has 0 fully saturated rings. The lowest BCUT2D eigenvalue weighted by molar-refractivity contribution is -0.142. The minimum Gasteiger partial charge on any atom is -0.357 e. The molecular weight excluding hydrogens is 503 g/mol. The van der Waals surface area contributed by atoms with E-state index in [1.54, 1.807) is 18.0 Å². The molecule has 0 saturated carbocycles. The summed E-state index contributed by atoms with van der Waals surface area (Å²) in [6.07, 6.45) is 1.95. The van der Waals surface area contributed by atoms with E-state index < -0.39 is 11.9 Å². The number of hydrogen-bond acceptors (Lipinski definition) is 6. The molecule has 2 N–H and O–H groups in total. The van der Waals surface area contributed by atoms with E-state index >= 15 is 4.39 Å². The number of amides is 2. The number of benzene rings is 2. The number of aryl methyl sites for hydroxylation is 1. The summed E-state index contributed by atoms with van der Waals surface area (Å²) in [5, 5.41) is 6.64. The molecule has 3 aromatic rings. The van der Waals surface area contributed by atoms with Crippen LogP contribution in [0.15, 0.2) is 51.9 Å². The Hall–Kier alpha value is -3.33. The van der Waals surface area contributed by atoms with Gasteiger partial charge in [0, 0.05) is 36.0 Å². The van der Waals surface area contributed by atoms with Gasteiger partial charge >= 0.3 is 0 Å². The molecule has 3 rings (SSSR count). The van der Waals surface area contributed by atoms with Gasteiger partial charge in [0.05, 0.1) is 5.69 Å². The maximum Gasteiger partial charge on any atom is 0.242 e. The number of halogens is 1. The van der Waals surface area contributed by atoms with Crippen molar-refractivity contribution >= 4 is 29.6 Å². The van der Waals surface area contributed by atoms with Crippen LogP contribution in [0.3, 0.4) is 0 Å². The summed E-state index contributed by atoms with van der Waals surface area (Å²) >= 11 is 1.32. The van der Waals surface area contributed by atoms with Crippen molar-refractivity contribution in [2.45, 2.75) is 71.4 Å². The first-order valence-electron chi connectivity index (χ1n) is 12.9. The summed E-state index contributed by atoms with van der Waals surface area (Å²) in [5.74, 6) is -0.272. The van der Waals surface area contributed by atoms with Gasteiger partial charge in [-0.15, -0.1) is 0 Å². The molecule has 7 nitrogen and oxygen atoms in total. The fourth-order valence-corrected chi connectivity index (χ4v) is 5.05. The van der Waals surface area contributed by atoms with E-state index in [4.69, 9.17) is 4.52 Å². The summed E-state index contributed by atoms with van der Waals surface area (Å²) in [5.41, 5.74) is 3.52. The third-order valence-corrected chi connectivity index (χ3v) is 7.38. The average Bonchev–Trinajstić information content (AvgIpc) is 3.22. The largest absolute Gasteiger partial charge is 0.357 e. The third-order valence-electron chi connectivity index (χ3n) is 6.52. The number of hydrogen-bond donors (Lipinski definition) is 2. The summed E-state index contributed by atoms with van der Waals surface area (Å²) in [6.45, 7) is 9.78. The van der Waals surface area contributed by atoms with E-state index in [0.717, 1.165) is 34.6 Å². The number of nitrogens with one attached hydrogen (secondary N) is 2. The summed E-state index contributed by atoms with van der Waals surface area (Å²) < 4.78 is 24.0. The molecule has 1 heterocycles. The number of aromatic nitrogens is 1. The van der Waals surface area contributed by atoms with Crippen LogP contribution in [0.1, 0.15) is 56.9 Å². The van der Waals surface area contributed by atoms with E-state index in [2.05, 4.69) is 15.2 Å². The standard InChI is InChI=1S/C29H37FN4O3S/c1-7-8-13-26(35)34(27(18(2)3)28(36)31-6)17-21-14-15-22(24(30)16-21)23-11-9-10-12-25(23)38-33-29-19(4)20(5)32-37-29/h9-12,14-16,18,27,33H,7-8,13,17H2,1-6H3,(H,31,36). The van der Waals surface area contributed by atoms with Gasteiger partial charge in [-0.3, -0.25) is 14.3 Å². The van der Waals surface area contributed by atoms with Gasteiger partial charge in [0.1, 0.15) is 11.9 Å². The van der Waals surface area contributed by atoms with Crippen molar-refractivity contribution in [3.05, 3.63) is 65.1 Å². The predicted molar refractivity (Wildman–Crippen MR) is 150 cm³/mol. The Morgan fingerprint density at radius 1 is 1.13 bits per heavy atom. The lowest BCUT2D eigenvalue weighted by atomic mass is 9.98. The Kier molecular flexibility index (Phi) is 10.4. The first-order chi connectivity index (χ1) is 18.2. The summed E-state index contributed by atoms with van der Waals surface area (Å²) in [7, 11) is 1.57. The zero-order valence-corrected chi connectivity index (χ0v) is 23.7. The van der Waals surface area contributed by atoms with Gasteiger partial charge in [-0.2, -0.15) is 0 Å². The Morgan fingerprint density at radius 2 is 1.87 bits per heavy atom. The van der Waals surface area contributed by atoms with Gasteiger partial charge in [0.2, 0.25) is 17.7 Å².